The molecule has 0 fully saturated rings. The number of hydrogen-bond donors (Lipinski definition) is 2. The van der Waals surface area contributed by atoms with Gasteiger partial charge in [-0.25, -0.2) is 4.79 Å². The number of halogens is 1. The van der Waals surface area contributed by atoms with Crippen LogP contribution in [0.3, 0.4) is 0 Å². The van der Waals surface area contributed by atoms with Crippen molar-refractivity contribution in [1.29, 1.82) is 0 Å². The number of carbonyl (C=O) groups excluding carboxylic acids is 1. The van der Waals surface area contributed by atoms with Gasteiger partial charge in [0.1, 0.15) is 0 Å². The molecular weight excluding hydrogens is 468 g/mol. The Bertz CT molecular complexity index is 1430. The molecule has 0 radical (unpaired) electrons. The summed E-state index contributed by atoms with van der Waals surface area (Å²) in [5.74, 6) is 0.934. The Labute approximate surface area is 206 Å². The summed E-state index contributed by atoms with van der Waals surface area (Å²) >= 11 is 6.20. The van der Waals surface area contributed by atoms with E-state index in [-0.39, 0.29) is 17.7 Å². The van der Waals surface area contributed by atoms with Gasteiger partial charge in [-0.3, -0.25) is 4.90 Å². The van der Waals surface area contributed by atoms with Crippen LogP contribution in [0.25, 0.3) is 17.0 Å². The zero-order valence-corrected chi connectivity index (χ0v) is 19.7. The van der Waals surface area contributed by atoms with Crippen molar-refractivity contribution in [3.05, 3.63) is 95.0 Å². The molecule has 0 saturated heterocycles. The Hall–Kier alpha value is -4.30. The summed E-state index contributed by atoms with van der Waals surface area (Å²) in [5.41, 5.74) is 3.18. The van der Waals surface area contributed by atoms with Crippen LogP contribution in [0, 0.1) is 0 Å². The van der Waals surface area contributed by atoms with Crippen LogP contribution in [0.5, 0.6) is 11.5 Å². The molecule has 1 aliphatic rings. The van der Waals surface area contributed by atoms with E-state index in [1.54, 1.807) is 49.4 Å². The van der Waals surface area contributed by atoms with Crippen LogP contribution in [-0.2, 0) is 0 Å². The number of amides is 2. The summed E-state index contributed by atoms with van der Waals surface area (Å²) < 4.78 is 10.9. The maximum absolute atomic E-state index is 13.3. The largest absolute Gasteiger partial charge is 0.504 e. The van der Waals surface area contributed by atoms with Gasteiger partial charge in [-0.1, -0.05) is 59.2 Å². The number of aromatic nitrogens is 2. The van der Waals surface area contributed by atoms with Gasteiger partial charge in [-0.15, -0.1) is 0 Å². The number of hydrogen-bond acceptors (Lipinski definition) is 6. The summed E-state index contributed by atoms with van der Waals surface area (Å²) in [6, 6.07) is 20.4. The molecule has 5 rings (SSSR count). The Morgan fingerprint density at radius 2 is 1.89 bits per heavy atom. The van der Waals surface area contributed by atoms with Gasteiger partial charge in [-0.05, 0) is 42.8 Å². The van der Waals surface area contributed by atoms with E-state index in [1.165, 1.54) is 12.0 Å². The van der Waals surface area contributed by atoms with Gasteiger partial charge in [0.25, 0.3) is 5.89 Å². The maximum atomic E-state index is 13.3. The first-order chi connectivity index (χ1) is 17.0. The monoisotopic (exact) mass is 488 g/mol. The molecule has 35 heavy (non-hydrogen) atoms. The third-order valence-electron chi connectivity index (χ3n) is 5.78. The lowest BCUT2D eigenvalue weighted by Crippen LogP contribution is -2.46. The first kappa shape index (κ1) is 22.5. The lowest BCUT2D eigenvalue weighted by molar-refractivity contribution is 0.244. The molecule has 0 saturated carbocycles. The van der Waals surface area contributed by atoms with Crippen LogP contribution in [-0.4, -0.2) is 28.4 Å². The van der Waals surface area contributed by atoms with Crippen LogP contribution in [0.15, 0.2) is 83.0 Å². The average molecular weight is 489 g/mol. The van der Waals surface area contributed by atoms with E-state index in [4.69, 9.17) is 20.9 Å². The highest BCUT2D eigenvalue weighted by Crippen LogP contribution is 2.41. The van der Waals surface area contributed by atoms with Crippen molar-refractivity contribution in [3.63, 3.8) is 0 Å². The van der Waals surface area contributed by atoms with Gasteiger partial charge in [0.05, 0.1) is 24.4 Å². The molecule has 1 aromatic heterocycles. The zero-order valence-electron chi connectivity index (χ0n) is 18.9. The SMILES string of the molecule is COc1ccc(C2NC(=O)N(c3cccc(Cl)c3)C(C)=C2c2nc(-c3ccccc3)no2)cc1O. The van der Waals surface area contributed by atoms with E-state index in [0.29, 0.717) is 39.1 Å². The van der Waals surface area contributed by atoms with E-state index >= 15 is 0 Å². The number of nitrogens with one attached hydrogen (secondary N) is 1. The number of benzene rings is 3. The van der Waals surface area contributed by atoms with Crippen molar-refractivity contribution in [1.82, 2.24) is 15.5 Å². The van der Waals surface area contributed by atoms with E-state index in [2.05, 4.69) is 15.5 Å². The molecular formula is C26H21ClN4O4. The van der Waals surface area contributed by atoms with Gasteiger partial charge in [0.15, 0.2) is 11.5 Å². The van der Waals surface area contributed by atoms with Crippen molar-refractivity contribution in [2.45, 2.75) is 13.0 Å². The van der Waals surface area contributed by atoms with Crippen LogP contribution >= 0.6 is 11.6 Å². The first-order valence-corrected chi connectivity index (χ1v) is 11.2. The molecule has 2 heterocycles. The normalized spacial score (nSPS) is 15.8. The van der Waals surface area contributed by atoms with Crippen molar-refractivity contribution >= 4 is 28.9 Å². The summed E-state index contributed by atoms with van der Waals surface area (Å²) in [5, 5.41) is 18.0. The van der Waals surface area contributed by atoms with Crippen LogP contribution in [0.1, 0.15) is 24.4 Å². The number of anilines is 1. The molecule has 0 aliphatic carbocycles. The lowest BCUT2D eigenvalue weighted by atomic mass is 9.94. The molecule has 2 amide bonds. The predicted octanol–water partition coefficient (Wildman–Crippen LogP) is 5.81. The number of methoxy groups -OCH3 is 1. The predicted molar refractivity (Wildman–Crippen MR) is 132 cm³/mol. The highest BCUT2D eigenvalue weighted by Gasteiger charge is 2.37. The molecule has 4 aromatic rings. The number of rotatable bonds is 5. The Balaban J connectivity index is 1.67. The summed E-state index contributed by atoms with van der Waals surface area (Å²) in [6.45, 7) is 1.80. The van der Waals surface area contributed by atoms with E-state index < -0.39 is 6.04 Å². The van der Waals surface area contributed by atoms with Crippen LogP contribution in [0.2, 0.25) is 5.02 Å². The fourth-order valence-electron chi connectivity index (χ4n) is 4.12. The minimum Gasteiger partial charge on any atom is -0.504 e. The van der Waals surface area contributed by atoms with Crippen LogP contribution < -0.4 is 15.0 Å². The number of phenols is 1. The first-order valence-electron chi connectivity index (χ1n) is 10.8. The second-order valence-corrected chi connectivity index (χ2v) is 8.35. The summed E-state index contributed by atoms with van der Waals surface area (Å²) in [7, 11) is 1.47. The van der Waals surface area contributed by atoms with Gasteiger partial charge >= 0.3 is 6.03 Å². The molecule has 9 heteroatoms. The molecule has 2 N–H and O–H groups in total. The molecule has 1 atom stereocenters. The number of allylic oxidation sites excluding steroid dienone is 1. The average Bonchev–Trinajstić information content (AvgIpc) is 3.34. The molecule has 1 aliphatic heterocycles. The Morgan fingerprint density at radius 3 is 2.60 bits per heavy atom. The molecule has 176 valence electrons. The van der Waals surface area contributed by atoms with Crippen molar-refractivity contribution < 1.29 is 19.2 Å². The number of ether oxygens (including phenoxy) is 1. The van der Waals surface area contributed by atoms with E-state index in [9.17, 15) is 9.90 Å². The number of nitrogens with zero attached hydrogens (tertiary/aromatic N) is 3. The van der Waals surface area contributed by atoms with Gasteiger partial charge < -0.3 is 19.7 Å². The second-order valence-electron chi connectivity index (χ2n) is 7.92. The Morgan fingerprint density at radius 1 is 1.09 bits per heavy atom. The fourth-order valence-corrected chi connectivity index (χ4v) is 4.30. The highest BCUT2D eigenvalue weighted by molar-refractivity contribution is 6.31. The van der Waals surface area contributed by atoms with Gasteiger partial charge in [0.2, 0.25) is 5.82 Å². The topological polar surface area (TPSA) is 101 Å². The van der Waals surface area contributed by atoms with E-state index in [0.717, 1.165) is 5.56 Å². The molecule has 8 nitrogen and oxygen atoms in total. The third kappa shape index (κ3) is 4.20. The zero-order chi connectivity index (χ0) is 24.5. The van der Waals surface area contributed by atoms with Gasteiger partial charge in [-0.2, -0.15) is 4.98 Å². The van der Waals surface area contributed by atoms with Crippen LogP contribution in [0.4, 0.5) is 10.5 Å². The highest BCUT2D eigenvalue weighted by atomic mass is 35.5. The number of phenolic OH excluding ortho intramolecular Hbond substituents is 1. The number of urea groups is 1. The summed E-state index contributed by atoms with van der Waals surface area (Å²) in [6.07, 6.45) is 0. The Kier molecular flexibility index (Phi) is 5.88. The van der Waals surface area contributed by atoms with Gasteiger partial charge in [0, 0.05) is 16.3 Å². The standard InChI is InChI=1S/C26H21ClN4O4/c1-15-22(25-29-24(30-35-25)16-7-4-3-5-8-16)23(17-11-12-21(34-2)20(32)13-17)28-26(33)31(15)19-10-6-9-18(27)14-19/h3-14,23,32H,1-2H3,(H,28,33). The smallest absolute Gasteiger partial charge is 0.326 e. The quantitative estimate of drug-likeness (QED) is 0.368. The van der Waals surface area contributed by atoms with Crippen molar-refractivity contribution in [3.8, 4) is 22.9 Å². The number of carbonyl (C=O) groups is 1. The molecule has 1 unspecified atom stereocenters. The van der Waals surface area contributed by atoms with Crippen molar-refractivity contribution in [2.75, 3.05) is 12.0 Å². The minimum atomic E-state index is -0.668. The fraction of sp³-hybridized carbons (Fsp3) is 0.115. The maximum Gasteiger partial charge on any atom is 0.326 e. The minimum absolute atomic E-state index is 0.0518. The lowest BCUT2D eigenvalue weighted by Gasteiger charge is -2.35. The molecule has 3 aromatic carbocycles. The summed E-state index contributed by atoms with van der Waals surface area (Å²) in [4.78, 5) is 19.4. The number of aromatic hydroxyl groups is 1. The van der Waals surface area contributed by atoms with Crippen molar-refractivity contribution in [2.24, 2.45) is 0 Å². The third-order valence-corrected chi connectivity index (χ3v) is 6.01. The molecule has 0 bridgehead atoms. The van der Waals surface area contributed by atoms with E-state index in [1.807, 2.05) is 30.3 Å². The second kappa shape index (κ2) is 9.15. The molecule has 0 spiro atoms.